The third kappa shape index (κ3) is 10.9. The lowest BCUT2D eigenvalue weighted by Crippen LogP contribution is -2.54. The average molecular weight is 1500 g/mol. The van der Waals surface area contributed by atoms with Crippen LogP contribution in [0, 0.1) is 20.8 Å². The zero-order valence-corrected chi connectivity index (χ0v) is 69.1. The lowest BCUT2D eigenvalue weighted by atomic mass is 9.35. The molecule has 0 fully saturated rings. The fourth-order valence-electron chi connectivity index (χ4n) is 19.9. The van der Waals surface area contributed by atoms with Gasteiger partial charge in [-0.05, 0) is 216 Å². The topological polar surface area (TPSA) is 29.6 Å². The van der Waals surface area contributed by atoms with Crippen molar-refractivity contribution in [2.45, 2.75) is 126 Å². The molecule has 0 unspecified atom stereocenters. The molecule has 0 aliphatic carbocycles. The van der Waals surface area contributed by atoms with Crippen molar-refractivity contribution in [1.82, 2.24) is 27.4 Å². The van der Waals surface area contributed by atoms with E-state index in [9.17, 15) is 0 Å². The highest BCUT2D eigenvalue weighted by Gasteiger charge is 2.32. The molecule has 564 valence electrons. The fourth-order valence-corrected chi connectivity index (χ4v) is 19.9. The molecule has 6 nitrogen and oxygen atoms in total. The van der Waals surface area contributed by atoms with Gasteiger partial charge in [-0.3, -0.25) is 0 Å². The molecule has 6 heterocycles. The van der Waals surface area contributed by atoms with Gasteiger partial charge < -0.3 is 27.4 Å². The third-order valence-corrected chi connectivity index (χ3v) is 25.6. The molecular formula is C109H95BN6. The Kier molecular flexibility index (Phi) is 15.7. The summed E-state index contributed by atoms with van der Waals surface area (Å²) in [5.74, 6) is 0. The van der Waals surface area contributed by atoms with E-state index in [0.29, 0.717) is 0 Å². The molecule has 0 spiro atoms. The first-order valence-electron chi connectivity index (χ1n) is 41.4. The Bertz CT molecular complexity index is 7680. The standard InChI is InChI=1S/C109H95BN6/c1-66-56-67(2)102(68(3)57-66)110(73-28-26-34-77(62-73)114-96-49-40-69(106(4,5)6)58-86(96)83-48-55-100-101(103(83)114)91-61-72(109(13,14)15)43-52-99(91)113(100)79-44-53-94-89(64-79)81-36-22-24-38-92(81)111(94)75-30-18-16-19-31-75)74-29-27-35-78(63-74)115-97-50-41-70(107(7,8)9)59-87(97)84-46-47-85-88-60-71(108(10,11)12)42-51-98(88)116(105(85)104(84)115)80-45-54-95-90(65-80)82-37-23-25-39-93(82)112(95)76-32-20-17-21-33-76/h16-65H,1-15H3. The molecule has 6 aromatic heterocycles. The Labute approximate surface area is 678 Å². The molecule has 21 aromatic rings. The monoisotopic (exact) mass is 1500 g/mol. The number of aryl methyl sites for hydroxylation is 3. The second kappa shape index (κ2) is 25.6. The van der Waals surface area contributed by atoms with Crippen LogP contribution < -0.4 is 16.4 Å². The highest BCUT2D eigenvalue weighted by molar-refractivity contribution is 6.96. The van der Waals surface area contributed by atoms with E-state index in [1.165, 1.54) is 186 Å². The number of benzene rings is 15. The minimum absolute atomic E-state index is 0.0801. The van der Waals surface area contributed by atoms with Gasteiger partial charge in [0.05, 0.1) is 66.2 Å². The first-order chi connectivity index (χ1) is 55.8. The molecule has 15 aromatic carbocycles. The molecule has 7 heteroatoms. The van der Waals surface area contributed by atoms with Gasteiger partial charge >= 0.3 is 0 Å². The molecule has 0 aliphatic heterocycles. The number of hydrogen-bond acceptors (Lipinski definition) is 0. The van der Waals surface area contributed by atoms with Crippen molar-refractivity contribution in [1.29, 1.82) is 0 Å². The quantitative estimate of drug-likeness (QED) is 0.129. The summed E-state index contributed by atoms with van der Waals surface area (Å²) in [6.45, 7) is 34.9. The Balaban J connectivity index is 0.815. The highest BCUT2D eigenvalue weighted by atomic mass is 15.1. The summed E-state index contributed by atoms with van der Waals surface area (Å²) in [4.78, 5) is 0. The highest BCUT2D eigenvalue weighted by Crippen LogP contribution is 2.48. The van der Waals surface area contributed by atoms with E-state index in [1.54, 1.807) is 0 Å². The van der Waals surface area contributed by atoms with E-state index >= 15 is 0 Å². The van der Waals surface area contributed by atoms with Crippen molar-refractivity contribution in [3.8, 4) is 34.1 Å². The van der Waals surface area contributed by atoms with E-state index in [1.807, 2.05) is 0 Å². The number of fused-ring (bicyclic) bond motifs is 20. The van der Waals surface area contributed by atoms with Crippen LogP contribution in [0.2, 0.25) is 0 Å². The lowest BCUT2D eigenvalue weighted by Gasteiger charge is -2.23. The molecule has 0 aliphatic rings. The average Bonchev–Trinajstić information content (AvgIpc) is 1.54. The molecular weight excluding hydrogens is 1400 g/mol. The minimum atomic E-state index is -0.178. The summed E-state index contributed by atoms with van der Waals surface area (Å²) in [7, 11) is 0. The largest absolute Gasteiger partial charge is 0.309 e. The van der Waals surface area contributed by atoms with Gasteiger partial charge in [0.1, 0.15) is 0 Å². The molecule has 116 heavy (non-hydrogen) atoms. The molecule has 0 radical (unpaired) electrons. The van der Waals surface area contributed by atoms with Crippen LogP contribution in [-0.4, -0.2) is 34.1 Å². The first kappa shape index (κ1) is 71.0. The van der Waals surface area contributed by atoms with Crippen molar-refractivity contribution in [2.75, 3.05) is 0 Å². The maximum absolute atomic E-state index is 2.63. The van der Waals surface area contributed by atoms with E-state index in [-0.39, 0.29) is 28.4 Å². The SMILES string of the molecule is Cc1cc(C)c(B(c2cccc(-n3c4ccc(C(C)(C)C)cc4c4ccc5c(c6cc(C(C)(C)C)ccc6n5-c5ccc6c(c5)c5ccccc5n6-c5ccccc5)c43)c2)c2cccc(-n3c4ccc(C(C)(C)C)cc4c4ccc5c6cc(C(C)(C)C)ccc6n(-c6ccc7c(c6)c6ccccc6n7-c6ccccc6)c5c43)c2)c(C)c1. The predicted molar refractivity (Wildman–Crippen MR) is 499 cm³/mol. The predicted octanol–water partition coefficient (Wildman–Crippen LogP) is 26.9. The van der Waals surface area contributed by atoms with Gasteiger partial charge in [-0.25, -0.2) is 0 Å². The van der Waals surface area contributed by atoms with Gasteiger partial charge in [-0.1, -0.05) is 268 Å². The minimum Gasteiger partial charge on any atom is -0.309 e. The van der Waals surface area contributed by atoms with Crippen LogP contribution in [0.1, 0.15) is 122 Å². The fraction of sp³-hybridized carbons (Fsp3) is 0.174. The molecule has 21 rings (SSSR count). The summed E-state index contributed by atoms with van der Waals surface area (Å²) >= 11 is 0. The zero-order chi connectivity index (χ0) is 79.5. The van der Waals surface area contributed by atoms with Crippen LogP contribution >= 0.6 is 0 Å². The van der Waals surface area contributed by atoms with E-state index in [4.69, 9.17) is 0 Å². The first-order valence-corrected chi connectivity index (χ1v) is 41.4. The number of nitrogens with zero attached hydrogens (tertiary/aromatic N) is 6. The lowest BCUT2D eigenvalue weighted by molar-refractivity contribution is 0.591. The van der Waals surface area contributed by atoms with Gasteiger partial charge in [0.2, 0.25) is 6.71 Å². The number of para-hydroxylation sites is 4. The molecule has 0 bridgehead atoms. The number of rotatable bonds is 9. The van der Waals surface area contributed by atoms with Crippen LogP contribution in [-0.2, 0) is 21.7 Å². The Morgan fingerprint density at radius 1 is 0.207 bits per heavy atom. The maximum atomic E-state index is 2.63. The van der Waals surface area contributed by atoms with Gasteiger partial charge in [0.15, 0.2) is 0 Å². The smallest absolute Gasteiger partial charge is 0.242 e. The summed E-state index contributed by atoms with van der Waals surface area (Å²) < 4.78 is 15.3. The zero-order valence-electron chi connectivity index (χ0n) is 69.1. The van der Waals surface area contributed by atoms with Gasteiger partial charge in [0.25, 0.3) is 0 Å². The van der Waals surface area contributed by atoms with Crippen molar-refractivity contribution in [2.24, 2.45) is 0 Å². The molecule has 0 N–H and O–H groups in total. The Morgan fingerprint density at radius 2 is 0.509 bits per heavy atom. The van der Waals surface area contributed by atoms with Crippen LogP contribution in [0.5, 0.6) is 0 Å². The van der Waals surface area contributed by atoms with E-state index in [2.05, 4.69) is 435 Å². The number of hydrogen-bond donors (Lipinski definition) is 0. The van der Waals surface area contributed by atoms with Crippen molar-refractivity contribution >= 4 is 154 Å². The van der Waals surface area contributed by atoms with Crippen LogP contribution in [0.3, 0.4) is 0 Å². The van der Waals surface area contributed by atoms with Gasteiger partial charge in [0, 0.05) is 98.8 Å². The van der Waals surface area contributed by atoms with Crippen LogP contribution in [0.4, 0.5) is 0 Å². The summed E-state index contributed by atoms with van der Waals surface area (Å²) in [5.41, 5.74) is 33.4. The second-order valence-corrected chi connectivity index (χ2v) is 37.2. The normalized spacial score (nSPS) is 12.8. The van der Waals surface area contributed by atoms with Crippen molar-refractivity contribution in [3.63, 3.8) is 0 Å². The van der Waals surface area contributed by atoms with Crippen LogP contribution in [0.25, 0.3) is 165 Å². The third-order valence-electron chi connectivity index (χ3n) is 25.6. The second-order valence-electron chi connectivity index (χ2n) is 37.2. The van der Waals surface area contributed by atoms with Crippen molar-refractivity contribution < 1.29 is 0 Å². The van der Waals surface area contributed by atoms with Crippen LogP contribution in [0.15, 0.2) is 303 Å². The summed E-state index contributed by atoms with van der Waals surface area (Å²) in [5, 5.41) is 14.8. The summed E-state index contributed by atoms with van der Waals surface area (Å²) in [6.07, 6.45) is 0. The van der Waals surface area contributed by atoms with Crippen molar-refractivity contribution in [3.05, 3.63) is 342 Å². The molecule has 0 saturated heterocycles. The molecule has 0 saturated carbocycles. The summed E-state index contributed by atoms with van der Waals surface area (Å²) in [6, 6.07) is 117. The van der Waals surface area contributed by atoms with Gasteiger partial charge in [-0.15, -0.1) is 0 Å². The maximum Gasteiger partial charge on any atom is 0.242 e. The molecule has 0 amide bonds. The van der Waals surface area contributed by atoms with E-state index < -0.39 is 0 Å². The Hall–Kier alpha value is -12.8. The number of aromatic nitrogens is 6. The van der Waals surface area contributed by atoms with Gasteiger partial charge in [-0.2, -0.15) is 0 Å². The van der Waals surface area contributed by atoms with E-state index in [0.717, 1.165) is 34.1 Å². The Morgan fingerprint density at radius 3 is 0.940 bits per heavy atom. The molecule has 0 atom stereocenters.